The maximum atomic E-state index is 12.5. The molecule has 0 saturated heterocycles. The van der Waals surface area contributed by atoms with E-state index < -0.39 is 5.25 Å². The van der Waals surface area contributed by atoms with Gasteiger partial charge in [-0.3, -0.25) is 4.79 Å². The van der Waals surface area contributed by atoms with Crippen LogP contribution in [0.4, 0.5) is 5.69 Å². The van der Waals surface area contributed by atoms with Gasteiger partial charge in [-0.15, -0.1) is 10.2 Å². The Hall–Kier alpha value is -3.00. The standard InChI is InChI=1S/C20H19N3O4S/c1-12-4-3-5-14(10-12)19-22-23-20(27-19)28-13(2)18(24)21-15-6-7-16-17(11-15)26-9-8-25-16/h3-7,10-11,13H,8-9H2,1-2H3,(H,21,24)/t13-/m1/s1. The summed E-state index contributed by atoms with van der Waals surface area (Å²) < 4.78 is 16.7. The number of benzene rings is 2. The molecular weight excluding hydrogens is 378 g/mol. The molecule has 4 rings (SSSR count). The first kappa shape index (κ1) is 18.4. The van der Waals surface area contributed by atoms with E-state index in [9.17, 15) is 4.79 Å². The molecule has 144 valence electrons. The molecule has 8 heteroatoms. The normalized spacial score (nSPS) is 13.8. The van der Waals surface area contributed by atoms with Gasteiger partial charge in [-0.25, -0.2) is 0 Å². The van der Waals surface area contributed by atoms with Crippen LogP contribution in [0.25, 0.3) is 11.5 Å². The molecule has 1 aromatic heterocycles. The summed E-state index contributed by atoms with van der Waals surface area (Å²) in [6.07, 6.45) is 0. The largest absolute Gasteiger partial charge is 0.486 e. The predicted molar refractivity (Wildman–Crippen MR) is 106 cm³/mol. The van der Waals surface area contributed by atoms with Crippen LogP contribution in [-0.4, -0.2) is 34.6 Å². The average molecular weight is 397 g/mol. The Morgan fingerprint density at radius 1 is 1.11 bits per heavy atom. The summed E-state index contributed by atoms with van der Waals surface area (Å²) in [4.78, 5) is 12.5. The lowest BCUT2D eigenvalue weighted by molar-refractivity contribution is -0.115. The van der Waals surface area contributed by atoms with Crippen molar-refractivity contribution in [1.29, 1.82) is 0 Å². The molecule has 1 aliphatic heterocycles. The number of aryl methyl sites for hydroxylation is 1. The van der Waals surface area contributed by atoms with Crippen LogP contribution in [0.3, 0.4) is 0 Å². The number of amides is 1. The number of ether oxygens (including phenoxy) is 2. The molecule has 0 aliphatic carbocycles. The summed E-state index contributed by atoms with van der Waals surface area (Å²) in [5.74, 6) is 1.58. The van der Waals surface area contributed by atoms with Crippen molar-refractivity contribution in [3.05, 3.63) is 48.0 Å². The molecule has 3 aromatic rings. The second kappa shape index (κ2) is 7.93. The Bertz CT molecular complexity index is 1000. The van der Waals surface area contributed by atoms with Crippen LogP contribution in [0.15, 0.2) is 52.1 Å². The molecular formula is C20H19N3O4S. The molecule has 2 heterocycles. The summed E-state index contributed by atoms with van der Waals surface area (Å²) in [7, 11) is 0. The van der Waals surface area contributed by atoms with E-state index in [-0.39, 0.29) is 5.91 Å². The van der Waals surface area contributed by atoms with Gasteiger partial charge in [0.1, 0.15) is 13.2 Å². The number of rotatable bonds is 5. The fourth-order valence-corrected chi connectivity index (χ4v) is 3.41. The zero-order valence-corrected chi connectivity index (χ0v) is 16.3. The highest BCUT2D eigenvalue weighted by atomic mass is 32.2. The molecule has 1 amide bonds. The number of fused-ring (bicyclic) bond motifs is 1. The van der Waals surface area contributed by atoms with E-state index in [1.54, 1.807) is 25.1 Å². The van der Waals surface area contributed by atoms with Crippen LogP contribution in [-0.2, 0) is 4.79 Å². The van der Waals surface area contributed by atoms with E-state index in [1.165, 1.54) is 11.8 Å². The average Bonchev–Trinajstić information content (AvgIpc) is 3.16. The third-order valence-corrected chi connectivity index (χ3v) is 5.06. The van der Waals surface area contributed by atoms with Crippen LogP contribution < -0.4 is 14.8 Å². The molecule has 0 bridgehead atoms. The lowest BCUT2D eigenvalue weighted by Gasteiger charge is -2.19. The maximum absolute atomic E-state index is 12.5. The van der Waals surface area contributed by atoms with Gasteiger partial charge in [-0.05, 0) is 38.1 Å². The number of hydrogen-bond donors (Lipinski definition) is 1. The number of carbonyl (C=O) groups is 1. The van der Waals surface area contributed by atoms with Crippen LogP contribution in [0.1, 0.15) is 12.5 Å². The van der Waals surface area contributed by atoms with Crippen LogP contribution >= 0.6 is 11.8 Å². The second-order valence-corrected chi connectivity index (χ2v) is 7.64. The van der Waals surface area contributed by atoms with Gasteiger partial charge in [-0.1, -0.05) is 29.5 Å². The summed E-state index contributed by atoms with van der Waals surface area (Å²) in [5, 5.41) is 10.9. The van der Waals surface area contributed by atoms with E-state index in [0.717, 1.165) is 11.1 Å². The number of anilines is 1. The van der Waals surface area contributed by atoms with Gasteiger partial charge in [0.15, 0.2) is 11.5 Å². The number of aromatic nitrogens is 2. The first-order valence-corrected chi connectivity index (χ1v) is 9.74. The Balaban J connectivity index is 1.40. The molecule has 7 nitrogen and oxygen atoms in total. The van der Waals surface area contributed by atoms with Crippen molar-refractivity contribution >= 4 is 23.4 Å². The zero-order valence-electron chi connectivity index (χ0n) is 15.5. The van der Waals surface area contributed by atoms with Crippen molar-refractivity contribution < 1.29 is 18.7 Å². The highest BCUT2D eigenvalue weighted by molar-refractivity contribution is 8.00. The van der Waals surface area contributed by atoms with E-state index in [1.807, 2.05) is 31.2 Å². The lowest BCUT2D eigenvalue weighted by atomic mass is 10.1. The van der Waals surface area contributed by atoms with Gasteiger partial charge in [0, 0.05) is 17.3 Å². The number of hydrogen-bond acceptors (Lipinski definition) is 7. The van der Waals surface area contributed by atoms with E-state index in [4.69, 9.17) is 13.9 Å². The summed E-state index contributed by atoms with van der Waals surface area (Å²) in [6, 6.07) is 13.1. The zero-order chi connectivity index (χ0) is 19.5. The van der Waals surface area contributed by atoms with Gasteiger partial charge in [-0.2, -0.15) is 0 Å². The fraction of sp³-hybridized carbons (Fsp3) is 0.250. The van der Waals surface area contributed by atoms with Crippen molar-refractivity contribution in [2.24, 2.45) is 0 Å². The minimum Gasteiger partial charge on any atom is -0.486 e. The predicted octanol–water partition coefficient (Wildman–Crippen LogP) is 3.94. The quantitative estimate of drug-likeness (QED) is 0.653. The monoisotopic (exact) mass is 397 g/mol. The molecule has 1 N–H and O–H groups in total. The summed E-state index contributed by atoms with van der Waals surface area (Å²) >= 11 is 1.21. The van der Waals surface area contributed by atoms with Gasteiger partial charge >= 0.3 is 0 Å². The summed E-state index contributed by atoms with van der Waals surface area (Å²) in [6.45, 7) is 4.81. The van der Waals surface area contributed by atoms with Crippen molar-refractivity contribution in [3.63, 3.8) is 0 Å². The molecule has 1 aliphatic rings. The molecule has 2 aromatic carbocycles. The number of nitrogens with one attached hydrogen (secondary N) is 1. The third kappa shape index (κ3) is 4.12. The number of thioether (sulfide) groups is 1. The minimum absolute atomic E-state index is 0.169. The van der Waals surface area contributed by atoms with E-state index in [2.05, 4.69) is 15.5 Å². The third-order valence-electron chi connectivity index (χ3n) is 4.13. The molecule has 0 saturated carbocycles. The van der Waals surface area contributed by atoms with Crippen molar-refractivity contribution in [1.82, 2.24) is 10.2 Å². The highest BCUT2D eigenvalue weighted by Crippen LogP contribution is 2.33. The highest BCUT2D eigenvalue weighted by Gasteiger charge is 2.20. The smallest absolute Gasteiger partial charge is 0.277 e. The first-order chi connectivity index (χ1) is 13.6. The van der Waals surface area contributed by atoms with Gasteiger partial charge < -0.3 is 19.2 Å². The second-order valence-electron chi connectivity index (χ2n) is 6.35. The van der Waals surface area contributed by atoms with Gasteiger partial charge in [0.25, 0.3) is 5.22 Å². The fourth-order valence-electron chi connectivity index (χ4n) is 2.72. The molecule has 0 unspecified atom stereocenters. The van der Waals surface area contributed by atoms with Crippen LogP contribution in [0, 0.1) is 6.92 Å². The molecule has 0 fully saturated rings. The van der Waals surface area contributed by atoms with Crippen LogP contribution in [0.5, 0.6) is 11.5 Å². The summed E-state index contributed by atoms with van der Waals surface area (Å²) in [5.41, 5.74) is 2.61. The van der Waals surface area contributed by atoms with Gasteiger partial charge in [0.2, 0.25) is 11.8 Å². The van der Waals surface area contributed by atoms with Crippen LogP contribution in [0.2, 0.25) is 0 Å². The van der Waals surface area contributed by atoms with Crippen molar-refractivity contribution in [3.8, 4) is 23.0 Å². The Labute approximate surface area is 166 Å². The Morgan fingerprint density at radius 3 is 2.75 bits per heavy atom. The topological polar surface area (TPSA) is 86.5 Å². The molecule has 0 radical (unpaired) electrons. The van der Waals surface area contributed by atoms with E-state index in [0.29, 0.717) is 41.5 Å². The molecule has 28 heavy (non-hydrogen) atoms. The minimum atomic E-state index is -0.418. The maximum Gasteiger partial charge on any atom is 0.277 e. The molecule has 1 atom stereocenters. The number of carbonyl (C=O) groups excluding carboxylic acids is 1. The first-order valence-electron chi connectivity index (χ1n) is 8.86. The Morgan fingerprint density at radius 2 is 1.93 bits per heavy atom. The Kier molecular flexibility index (Phi) is 5.21. The molecule has 0 spiro atoms. The SMILES string of the molecule is Cc1cccc(-c2nnc(S[C@H](C)C(=O)Nc3ccc4c(c3)OCCO4)o2)c1. The van der Waals surface area contributed by atoms with Crippen molar-refractivity contribution in [2.45, 2.75) is 24.3 Å². The lowest BCUT2D eigenvalue weighted by Crippen LogP contribution is -2.22. The number of nitrogens with zero attached hydrogens (tertiary/aromatic N) is 2. The van der Waals surface area contributed by atoms with E-state index >= 15 is 0 Å². The van der Waals surface area contributed by atoms with Crippen molar-refractivity contribution in [2.75, 3.05) is 18.5 Å². The van der Waals surface area contributed by atoms with Gasteiger partial charge in [0.05, 0.1) is 5.25 Å².